The Kier molecular flexibility index (Phi) is 3.65. The Morgan fingerprint density at radius 3 is 2.29 bits per heavy atom. The number of allylic oxidation sites excluding steroid dienone is 2. The zero-order valence-electron chi connectivity index (χ0n) is 11.8. The van der Waals surface area contributed by atoms with E-state index in [1.807, 2.05) is 0 Å². The van der Waals surface area contributed by atoms with Gasteiger partial charge in [-0.25, -0.2) is 0 Å². The lowest BCUT2D eigenvalue weighted by Crippen LogP contribution is -2.45. The highest BCUT2D eigenvalue weighted by molar-refractivity contribution is 5.08. The molecule has 2 heteroatoms. The highest BCUT2D eigenvalue weighted by atomic mass is 16.7. The first-order valence-electron chi connectivity index (χ1n) is 6.79. The Bertz CT molecular complexity index is 296. The van der Waals surface area contributed by atoms with E-state index in [0.717, 1.165) is 13.2 Å². The topological polar surface area (TPSA) is 18.5 Å². The molecule has 0 radical (unpaired) electrons. The summed E-state index contributed by atoms with van der Waals surface area (Å²) in [5.41, 5.74) is 1.68. The fraction of sp³-hybridized carbons (Fsp3) is 0.867. The summed E-state index contributed by atoms with van der Waals surface area (Å²) in [5, 5.41) is 0. The van der Waals surface area contributed by atoms with Crippen LogP contribution in [0.1, 0.15) is 41.0 Å². The van der Waals surface area contributed by atoms with Gasteiger partial charge >= 0.3 is 0 Å². The van der Waals surface area contributed by atoms with E-state index in [1.54, 1.807) is 0 Å². The monoisotopic (exact) mass is 238 g/mol. The van der Waals surface area contributed by atoms with Crippen molar-refractivity contribution in [2.75, 3.05) is 13.2 Å². The quantitative estimate of drug-likeness (QED) is 0.650. The van der Waals surface area contributed by atoms with Gasteiger partial charge in [0.2, 0.25) is 0 Å². The number of hydrogen-bond acceptors (Lipinski definition) is 2. The summed E-state index contributed by atoms with van der Waals surface area (Å²) in [5.74, 6) is 1.72. The molecule has 0 bridgehead atoms. The fourth-order valence-corrected chi connectivity index (χ4v) is 3.23. The fourth-order valence-electron chi connectivity index (χ4n) is 3.23. The summed E-state index contributed by atoms with van der Waals surface area (Å²) in [4.78, 5) is 0. The first-order chi connectivity index (χ1) is 7.89. The van der Waals surface area contributed by atoms with Gasteiger partial charge in [0, 0.05) is 11.3 Å². The first-order valence-corrected chi connectivity index (χ1v) is 6.79. The maximum atomic E-state index is 5.96. The van der Waals surface area contributed by atoms with Gasteiger partial charge in [-0.05, 0) is 25.2 Å². The van der Waals surface area contributed by atoms with Crippen LogP contribution in [0, 0.1) is 23.2 Å². The van der Waals surface area contributed by atoms with Gasteiger partial charge in [-0.1, -0.05) is 39.3 Å². The van der Waals surface area contributed by atoms with Crippen molar-refractivity contribution in [1.29, 1.82) is 0 Å². The lowest BCUT2D eigenvalue weighted by molar-refractivity contribution is -0.254. The molecule has 0 aromatic carbocycles. The van der Waals surface area contributed by atoms with E-state index < -0.39 is 0 Å². The van der Waals surface area contributed by atoms with Crippen LogP contribution in [0.5, 0.6) is 0 Å². The SMILES string of the molecule is CC1=C[C@H](C)[C@@H](C2OCC(C)(C)CO2)[C@@H](C)C1. The van der Waals surface area contributed by atoms with Crippen molar-refractivity contribution in [2.24, 2.45) is 23.2 Å². The Balaban J connectivity index is 2.03. The summed E-state index contributed by atoms with van der Waals surface area (Å²) >= 11 is 0. The Labute approximate surface area is 105 Å². The molecule has 2 rings (SSSR count). The van der Waals surface area contributed by atoms with Crippen LogP contribution >= 0.6 is 0 Å². The van der Waals surface area contributed by atoms with Crippen molar-refractivity contribution in [3.63, 3.8) is 0 Å². The van der Waals surface area contributed by atoms with E-state index in [9.17, 15) is 0 Å². The average molecular weight is 238 g/mol. The maximum Gasteiger partial charge on any atom is 0.161 e. The van der Waals surface area contributed by atoms with Crippen LogP contribution in [0.3, 0.4) is 0 Å². The lowest BCUT2D eigenvalue weighted by atomic mass is 9.74. The van der Waals surface area contributed by atoms with Crippen molar-refractivity contribution in [3.05, 3.63) is 11.6 Å². The molecule has 0 amide bonds. The minimum Gasteiger partial charge on any atom is -0.352 e. The third-order valence-electron chi connectivity index (χ3n) is 4.05. The summed E-state index contributed by atoms with van der Waals surface area (Å²) in [6, 6.07) is 0. The second-order valence-electron chi connectivity index (χ2n) is 6.79. The molecule has 17 heavy (non-hydrogen) atoms. The van der Waals surface area contributed by atoms with Gasteiger partial charge in [0.1, 0.15) is 0 Å². The van der Waals surface area contributed by atoms with Crippen LogP contribution in [0.4, 0.5) is 0 Å². The van der Waals surface area contributed by atoms with Gasteiger partial charge in [0.25, 0.3) is 0 Å². The normalized spacial score (nSPS) is 38.9. The van der Waals surface area contributed by atoms with Gasteiger partial charge < -0.3 is 9.47 Å². The van der Waals surface area contributed by atoms with Crippen LogP contribution in [-0.2, 0) is 9.47 Å². The molecule has 0 unspecified atom stereocenters. The molecule has 2 nitrogen and oxygen atoms in total. The third kappa shape index (κ3) is 2.92. The standard InChI is InChI=1S/C15H26O2/c1-10-6-11(2)13(12(3)7-10)14-16-8-15(4,5)9-17-14/h6,11-14H,7-9H2,1-5H3/t11-,12-,13+/m0/s1. The van der Waals surface area contributed by atoms with Crippen molar-refractivity contribution in [1.82, 2.24) is 0 Å². The molecule has 0 saturated carbocycles. The summed E-state index contributed by atoms with van der Waals surface area (Å²) < 4.78 is 11.9. The summed E-state index contributed by atoms with van der Waals surface area (Å²) in [6.45, 7) is 12.9. The van der Waals surface area contributed by atoms with Crippen LogP contribution in [0.25, 0.3) is 0 Å². The average Bonchev–Trinajstić information content (AvgIpc) is 2.19. The Morgan fingerprint density at radius 1 is 1.18 bits per heavy atom. The van der Waals surface area contributed by atoms with Crippen LogP contribution in [-0.4, -0.2) is 19.5 Å². The van der Waals surface area contributed by atoms with Gasteiger partial charge in [-0.2, -0.15) is 0 Å². The molecule has 0 aromatic rings. The zero-order chi connectivity index (χ0) is 12.6. The summed E-state index contributed by atoms with van der Waals surface area (Å²) in [7, 11) is 0. The van der Waals surface area contributed by atoms with Crippen molar-refractivity contribution < 1.29 is 9.47 Å². The largest absolute Gasteiger partial charge is 0.352 e. The van der Waals surface area contributed by atoms with E-state index in [0.29, 0.717) is 17.8 Å². The van der Waals surface area contributed by atoms with E-state index in [-0.39, 0.29) is 11.7 Å². The van der Waals surface area contributed by atoms with Crippen molar-refractivity contribution in [2.45, 2.75) is 47.3 Å². The molecule has 98 valence electrons. The maximum absolute atomic E-state index is 5.96. The Morgan fingerprint density at radius 2 is 1.76 bits per heavy atom. The molecule has 1 aliphatic heterocycles. The highest BCUT2D eigenvalue weighted by Crippen LogP contribution is 2.39. The minimum absolute atomic E-state index is 0.00243. The van der Waals surface area contributed by atoms with Gasteiger partial charge in [-0.15, -0.1) is 0 Å². The van der Waals surface area contributed by atoms with Gasteiger partial charge in [-0.3, -0.25) is 0 Å². The Hall–Kier alpha value is -0.340. The second-order valence-corrected chi connectivity index (χ2v) is 6.79. The zero-order valence-corrected chi connectivity index (χ0v) is 11.8. The van der Waals surface area contributed by atoms with Crippen LogP contribution < -0.4 is 0 Å². The predicted octanol–water partition coefficient (Wildman–Crippen LogP) is 3.62. The van der Waals surface area contributed by atoms with Gasteiger partial charge in [0.05, 0.1) is 13.2 Å². The van der Waals surface area contributed by atoms with E-state index in [1.165, 1.54) is 12.0 Å². The predicted molar refractivity (Wildman–Crippen MR) is 69.7 cm³/mol. The highest BCUT2D eigenvalue weighted by Gasteiger charge is 2.39. The smallest absolute Gasteiger partial charge is 0.161 e. The molecule has 0 N–H and O–H groups in total. The van der Waals surface area contributed by atoms with E-state index >= 15 is 0 Å². The molecule has 1 saturated heterocycles. The number of ether oxygens (including phenoxy) is 2. The minimum atomic E-state index is -0.00243. The van der Waals surface area contributed by atoms with Crippen molar-refractivity contribution >= 4 is 0 Å². The molecule has 1 fully saturated rings. The van der Waals surface area contributed by atoms with Crippen molar-refractivity contribution in [3.8, 4) is 0 Å². The molecule has 2 aliphatic rings. The summed E-state index contributed by atoms with van der Waals surface area (Å²) in [6.07, 6.45) is 3.57. The molecule has 1 heterocycles. The van der Waals surface area contributed by atoms with Crippen LogP contribution in [0.15, 0.2) is 11.6 Å². The molecular formula is C15H26O2. The lowest BCUT2D eigenvalue weighted by Gasteiger charge is -2.43. The number of rotatable bonds is 1. The van der Waals surface area contributed by atoms with Crippen LogP contribution in [0.2, 0.25) is 0 Å². The molecular weight excluding hydrogens is 212 g/mol. The van der Waals surface area contributed by atoms with Gasteiger partial charge in [0.15, 0.2) is 6.29 Å². The molecule has 0 spiro atoms. The molecule has 1 aliphatic carbocycles. The third-order valence-corrected chi connectivity index (χ3v) is 4.05. The first kappa shape index (κ1) is 13.1. The van der Waals surface area contributed by atoms with E-state index in [4.69, 9.17) is 9.47 Å². The molecule has 0 aromatic heterocycles. The molecule has 3 atom stereocenters. The number of hydrogen-bond donors (Lipinski definition) is 0. The van der Waals surface area contributed by atoms with E-state index in [2.05, 4.69) is 40.7 Å². The second kappa shape index (κ2) is 4.74.